The van der Waals surface area contributed by atoms with Gasteiger partial charge in [-0.15, -0.1) is 0 Å². The van der Waals surface area contributed by atoms with Crippen LogP contribution in [0.4, 0.5) is 0 Å². The van der Waals surface area contributed by atoms with Crippen molar-refractivity contribution in [3.05, 3.63) is 24.2 Å². The van der Waals surface area contributed by atoms with E-state index in [-0.39, 0.29) is 6.04 Å². The minimum Gasteiger partial charge on any atom is -0.468 e. The van der Waals surface area contributed by atoms with Gasteiger partial charge in [0.15, 0.2) is 5.96 Å². The summed E-state index contributed by atoms with van der Waals surface area (Å²) >= 11 is 0. The van der Waals surface area contributed by atoms with E-state index in [0.717, 1.165) is 50.9 Å². The Morgan fingerprint density at radius 3 is 2.77 bits per heavy atom. The summed E-state index contributed by atoms with van der Waals surface area (Å²) in [6.07, 6.45) is 10.9. The van der Waals surface area contributed by atoms with Crippen LogP contribution in [0.2, 0.25) is 0 Å². The molecule has 0 spiro atoms. The van der Waals surface area contributed by atoms with E-state index in [1.165, 1.54) is 38.5 Å². The Balaban J connectivity index is 1.37. The Morgan fingerprint density at radius 1 is 1.27 bits per heavy atom. The van der Waals surface area contributed by atoms with Crippen molar-refractivity contribution < 1.29 is 9.15 Å². The van der Waals surface area contributed by atoms with Crippen molar-refractivity contribution in [3.8, 4) is 0 Å². The molecule has 1 aliphatic carbocycles. The molecule has 3 rings (SSSR count). The molecule has 26 heavy (non-hydrogen) atoms. The highest BCUT2D eigenvalue weighted by Gasteiger charge is 2.25. The highest BCUT2D eigenvalue weighted by molar-refractivity contribution is 5.79. The summed E-state index contributed by atoms with van der Waals surface area (Å²) < 4.78 is 11.6. The quantitative estimate of drug-likeness (QED) is 0.402. The standard InChI is InChI=1S/C20H34N4O2/c1-21-20(22-11-7-15-25-17-8-2-3-9-17)23-16-18(19-10-6-14-26-19)24-12-4-5-13-24/h6,10,14,17-18H,2-5,7-9,11-13,15-16H2,1H3,(H2,21,22,23). The normalized spacial score (nSPS) is 20.6. The first kappa shape index (κ1) is 19.2. The number of hydrogen-bond donors (Lipinski definition) is 2. The summed E-state index contributed by atoms with van der Waals surface area (Å²) in [5.74, 6) is 1.88. The maximum absolute atomic E-state index is 5.91. The minimum atomic E-state index is 0.261. The van der Waals surface area contributed by atoms with Crippen LogP contribution in [0.1, 0.15) is 56.7 Å². The molecule has 6 nitrogen and oxygen atoms in total. The summed E-state index contributed by atoms with van der Waals surface area (Å²) in [5.41, 5.74) is 0. The molecule has 1 aliphatic heterocycles. The largest absolute Gasteiger partial charge is 0.468 e. The van der Waals surface area contributed by atoms with Gasteiger partial charge in [0.25, 0.3) is 0 Å². The Hall–Kier alpha value is -1.53. The summed E-state index contributed by atoms with van der Waals surface area (Å²) in [4.78, 5) is 6.84. The average molecular weight is 363 g/mol. The summed E-state index contributed by atoms with van der Waals surface area (Å²) in [7, 11) is 1.82. The van der Waals surface area contributed by atoms with E-state index in [9.17, 15) is 0 Å². The molecule has 2 aliphatic rings. The molecule has 6 heteroatoms. The molecule has 0 radical (unpaired) electrons. The van der Waals surface area contributed by atoms with Crippen molar-refractivity contribution in [1.82, 2.24) is 15.5 Å². The number of nitrogens with zero attached hydrogens (tertiary/aromatic N) is 2. The number of aliphatic imine (C=N–C) groups is 1. The monoisotopic (exact) mass is 362 g/mol. The number of likely N-dealkylation sites (tertiary alicyclic amines) is 1. The van der Waals surface area contributed by atoms with Gasteiger partial charge in [-0.3, -0.25) is 9.89 Å². The van der Waals surface area contributed by atoms with Gasteiger partial charge in [0.2, 0.25) is 0 Å². The second kappa shape index (κ2) is 10.6. The maximum Gasteiger partial charge on any atom is 0.191 e. The third-order valence-electron chi connectivity index (χ3n) is 5.41. The molecule has 0 amide bonds. The van der Waals surface area contributed by atoms with E-state index in [1.54, 1.807) is 6.26 Å². The van der Waals surface area contributed by atoms with E-state index in [4.69, 9.17) is 9.15 Å². The predicted octanol–water partition coefficient (Wildman–Crippen LogP) is 2.93. The second-order valence-electron chi connectivity index (χ2n) is 7.28. The fraction of sp³-hybridized carbons (Fsp3) is 0.750. The van der Waals surface area contributed by atoms with Gasteiger partial charge in [-0.25, -0.2) is 0 Å². The molecule has 1 saturated carbocycles. The van der Waals surface area contributed by atoms with Crippen LogP contribution >= 0.6 is 0 Å². The van der Waals surface area contributed by atoms with Crippen molar-refractivity contribution in [2.45, 2.75) is 57.1 Å². The third kappa shape index (κ3) is 5.74. The van der Waals surface area contributed by atoms with Crippen LogP contribution in [0.5, 0.6) is 0 Å². The fourth-order valence-electron chi connectivity index (χ4n) is 3.94. The number of rotatable bonds is 9. The van der Waals surface area contributed by atoms with E-state index >= 15 is 0 Å². The number of nitrogens with one attached hydrogen (secondary N) is 2. The molecular weight excluding hydrogens is 328 g/mol. The first-order chi connectivity index (χ1) is 12.9. The SMILES string of the molecule is CN=C(NCCCOC1CCCC1)NCC(c1ccco1)N1CCCC1. The van der Waals surface area contributed by atoms with Crippen molar-refractivity contribution in [2.24, 2.45) is 4.99 Å². The molecule has 2 fully saturated rings. The fourth-order valence-corrected chi connectivity index (χ4v) is 3.94. The zero-order valence-corrected chi connectivity index (χ0v) is 16.1. The van der Waals surface area contributed by atoms with E-state index in [0.29, 0.717) is 6.10 Å². The molecule has 0 bridgehead atoms. The average Bonchev–Trinajstić information content (AvgIpc) is 3.43. The number of ether oxygens (including phenoxy) is 1. The lowest BCUT2D eigenvalue weighted by Crippen LogP contribution is -2.43. The van der Waals surface area contributed by atoms with Crippen molar-refractivity contribution >= 4 is 5.96 Å². The number of furan rings is 1. The molecule has 1 aromatic heterocycles. The van der Waals surface area contributed by atoms with E-state index < -0.39 is 0 Å². The van der Waals surface area contributed by atoms with Crippen LogP contribution in [0.3, 0.4) is 0 Å². The molecular formula is C20H34N4O2. The van der Waals surface area contributed by atoms with Gasteiger partial charge >= 0.3 is 0 Å². The van der Waals surface area contributed by atoms with Gasteiger partial charge in [-0.05, 0) is 57.3 Å². The van der Waals surface area contributed by atoms with Crippen LogP contribution in [0, 0.1) is 0 Å². The zero-order chi connectivity index (χ0) is 18.0. The van der Waals surface area contributed by atoms with Crippen LogP contribution in [0.15, 0.2) is 27.8 Å². The van der Waals surface area contributed by atoms with Gasteiger partial charge in [-0.1, -0.05) is 12.8 Å². The van der Waals surface area contributed by atoms with Gasteiger partial charge in [-0.2, -0.15) is 0 Å². The first-order valence-electron chi connectivity index (χ1n) is 10.2. The van der Waals surface area contributed by atoms with E-state index in [1.807, 2.05) is 13.1 Å². The lowest BCUT2D eigenvalue weighted by Gasteiger charge is -2.26. The third-order valence-corrected chi connectivity index (χ3v) is 5.41. The lowest BCUT2D eigenvalue weighted by molar-refractivity contribution is 0.0574. The van der Waals surface area contributed by atoms with Crippen LogP contribution in [0.25, 0.3) is 0 Å². The van der Waals surface area contributed by atoms with Crippen molar-refractivity contribution in [3.63, 3.8) is 0 Å². The molecule has 2 heterocycles. The smallest absolute Gasteiger partial charge is 0.191 e. The summed E-state index contributed by atoms with van der Waals surface area (Å²) in [6, 6.07) is 4.30. The number of hydrogen-bond acceptors (Lipinski definition) is 4. The van der Waals surface area contributed by atoms with E-state index in [2.05, 4.69) is 26.6 Å². The lowest BCUT2D eigenvalue weighted by atomic mass is 10.2. The summed E-state index contributed by atoms with van der Waals surface area (Å²) in [6.45, 7) is 4.78. The molecule has 146 valence electrons. The highest BCUT2D eigenvalue weighted by Crippen LogP contribution is 2.24. The maximum atomic E-state index is 5.91. The molecule has 2 N–H and O–H groups in total. The van der Waals surface area contributed by atoms with Crippen molar-refractivity contribution in [2.75, 3.05) is 39.8 Å². The Bertz CT molecular complexity index is 520. The second-order valence-corrected chi connectivity index (χ2v) is 7.28. The highest BCUT2D eigenvalue weighted by atomic mass is 16.5. The van der Waals surface area contributed by atoms with Gasteiger partial charge < -0.3 is 19.8 Å². The first-order valence-corrected chi connectivity index (χ1v) is 10.2. The topological polar surface area (TPSA) is 62.0 Å². The number of guanidine groups is 1. The summed E-state index contributed by atoms with van der Waals surface area (Å²) in [5, 5.41) is 6.86. The van der Waals surface area contributed by atoms with Crippen molar-refractivity contribution in [1.29, 1.82) is 0 Å². The molecule has 1 unspecified atom stereocenters. The predicted molar refractivity (Wildman–Crippen MR) is 104 cm³/mol. The molecule has 1 aromatic rings. The Labute approximate surface area is 157 Å². The zero-order valence-electron chi connectivity index (χ0n) is 16.1. The van der Waals surface area contributed by atoms with Crippen LogP contribution in [-0.2, 0) is 4.74 Å². The van der Waals surface area contributed by atoms with Gasteiger partial charge in [0.05, 0.1) is 18.4 Å². The van der Waals surface area contributed by atoms with Gasteiger partial charge in [0, 0.05) is 26.7 Å². The molecule has 1 atom stereocenters. The van der Waals surface area contributed by atoms with Crippen LogP contribution in [-0.4, -0.2) is 56.8 Å². The molecule has 1 saturated heterocycles. The Morgan fingerprint density at radius 2 is 2.08 bits per heavy atom. The molecule has 0 aromatic carbocycles. The Kier molecular flexibility index (Phi) is 7.83. The van der Waals surface area contributed by atoms with Crippen LogP contribution < -0.4 is 10.6 Å². The minimum absolute atomic E-state index is 0.261. The van der Waals surface area contributed by atoms with Gasteiger partial charge in [0.1, 0.15) is 5.76 Å².